The molecule has 5 nitrogen and oxygen atoms in total. The second-order valence-corrected chi connectivity index (χ2v) is 8.39. The Bertz CT molecular complexity index is 1050. The molecule has 146 valence electrons. The molecule has 1 saturated heterocycles. The maximum atomic E-state index is 13.0. The number of aromatic nitrogens is 1. The molecule has 0 saturated carbocycles. The first-order valence-electron chi connectivity index (χ1n) is 9.59. The highest BCUT2D eigenvalue weighted by Gasteiger charge is 2.25. The molecular weight excluding hydrogens is 372 g/mol. The van der Waals surface area contributed by atoms with E-state index in [9.17, 15) is 9.59 Å². The van der Waals surface area contributed by atoms with E-state index in [0.717, 1.165) is 35.9 Å². The second-order valence-electron chi connectivity index (χ2n) is 7.45. The fourth-order valence-corrected chi connectivity index (χ4v) is 4.35. The monoisotopic (exact) mass is 396 g/mol. The molecule has 0 aliphatic carbocycles. The van der Waals surface area contributed by atoms with Gasteiger partial charge in [0.15, 0.2) is 0 Å². The summed E-state index contributed by atoms with van der Waals surface area (Å²) in [6.45, 7) is 5.60. The number of thiophene rings is 1. The third kappa shape index (κ3) is 3.88. The zero-order valence-electron chi connectivity index (χ0n) is 16.2. The number of nitrogens with zero attached hydrogens (tertiary/aromatic N) is 1. The largest absolute Gasteiger partial charge is 0.376 e. The van der Waals surface area contributed by atoms with E-state index < -0.39 is 0 Å². The lowest BCUT2D eigenvalue weighted by Crippen LogP contribution is -2.38. The van der Waals surface area contributed by atoms with Gasteiger partial charge in [0.2, 0.25) is 0 Å². The Hall–Kier alpha value is -2.44. The van der Waals surface area contributed by atoms with Crippen LogP contribution in [0.4, 0.5) is 0 Å². The summed E-state index contributed by atoms with van der Waals surface area (Å²) in [6.07, 6.45) is 2.00. The SMILES string of the molecule is Cc1cc2cc(CN(CC3CCCO3)C(=O)c3cccs3)c(=O)[nH]c2cc1C. The zero-order chi connectivity index (χ0) is 19.7. The first-order chi connectivity index (χ1) is 13.5. The average Bonchev–Trinajstić information content (AvgIpc) is 3.37. The van der Waals surface area contributed by atoms with Crippen molar-refractivity contribution in [3.8, 4) is 0 Å². The van der Waals surface area contributed by atoms with Crippen LogP contribution in [0.3, 0.4) is 0 Å². The standard InChI is InChI=1S/C22H24N2O3S/c1-14-9-16-11-17(21(25)23-19(16)10-15(14)2)12-24(13-18-5-3-7-27-18)22(26)20-6-4-8-28-20/h4,6,8-11,18H,3,5,7,12-13H2,1-2H3,(H,23,25). The van der Waals surface area contributed by atoms with Gasteiger partial charge in [-0.05, 0) is 72.8 Å². The number of ether oxygens (including phenoxy) is 1. The minimum atomic E-state index is -0.146. The van der Waals surface area contributed by atoms with E-state index in [1.165, 1.54) is 16.9 Å². The van der Waals surface area contributed by atoms with E-state index in [-0.39, 0.29) is 24.1 Å². The van der Waals surface area contributed by atoms with Crippen LogP contribution in [0.2, 0.25) is 0 Å². The third-order valence-corrected chi connectivity index (χ3v) is 6.22. The number of carbonyl (C=O) groups excluding carboxylic acids is 1. The average molecular weight is 397 g/mol. The maximum absolute atomic E-state index is 13.0. The van der Waals surface area contributed by atoms with Crippen LogP contribution in [0.5, 0.6) is 0 Å². The summed E-state index contributed by atoms with van der Waals surface area (Å²) in [4.78, 5) is 31.1. The smallest absolute Gasteiger partial charge is 0.264 e. The van der Waals surface area contributed by atoms with Gasteiger partial charge in [-0.25, -0.2) is 0 Å². The molecule has 1 aromatic carbocycles. The van der Waals surface area contributed by atoms with Gasteiger partial charge < -0.3 is 14.6 Å². The quantitative estimate of drug-likeness (QED) is 0.708. The number of aryl methyl sites for hydroxylation is 2. The molecule has 28 heavy (non-hydrogen) atoms. The molecule has 0 bridgehead atoms. The second kappa shape index (κ2) is 7.89. The Morgan fingerprint density at radius 1 is 1.29 bits per heavy atom. The minimum absolute atomic E-state index is 0.0355. The number of hydrogen-bond acceptors (Lipinski definition) is 4. The fraction of sp³-hybridized carbons (Fsp3) is 0.364. The molecule has 0 radical (unpaired) electrons. The predicted octanol–water partition coefficient (Wildman–Crippen LogP) is 4.03. The van der Waals surface area contributed by atoms with Gasteiger partial charge in [0, 0.05) is 24.2 Å². The molecule has 1 fully saturated rings. The highest BCUT2D eigenvalue weighted by molar-refractivity contribution is 7.12. The zero-order valence-corrected chi connectivity index (χ0v) is 17.0. The molecule has 4 rings (SSSR count). The topological polar surface area (TPSA) is 62.4 Å². The Kier molecular flexibility index (Phi) is 5.33. The molecule has 1 aliphatic rings. The number of benzene rings is 1. The summed E-state index contributed by atoms with van der Waals surface area (Å²) >= 11 is 1.42. The Morgan fingerprint density at radius 2 is 2.11 bits per heavy atom. The molecule has 1 aliphatic heterocycles. The number of rotatable bonds is 5. The third-order valence-electron chi connectivity index (χ3n) is 5.36. The van der Waals surface area contributed by atoms with Crippen molar-refractivity contribution < 1.29 is 9.53 Å². The van der Waals surface area contributed by atoms with Gasteiger partial charge in [0.1, 0.15) is 0 Å². The molecule has 1 atom stereocenters. The van der Waals surface area contributed by atoms with Gasteiger partial charge in [-0.1, -0.05) is 6.07 Å². The summed E-state index contributed by atoms with van der Waals surface area (Å²) in [5.41, 5.74) is 3.60. The van der Waals surface area contributed by atoms with E-state index in [2.05, 4.69) is 18.0 Å². The molecule has 1 amide bonds. The molecule has 2 aromatic heterocycles. The summed E-state index contributed by atoms with van der Waals surface area (Å²) in [6, 6.07) is 9.68. The molecule has 3 aromatic rings. The number of H-pyrrole nitrogens is 1. The molecule has 1 unspecified atom stereocenters. The van der Waals surface area contributed by atoms with Crippen molar-refractivity contribution in [2.75, 3.05) is 13.2 Å². The van der Waals surface area contributed by atoms with Crippen LogP contribution in [0.15, 0.2) is 40.5 Å². The van der Waals surface area contributed by atoms with Gasteiger partial charge in [-0.2, -0.15) is 0 Å². The van der Waals surface area contributed by atoms with E-state index in [0.29, 0.717) is 17.0 Å². The van der Waals surface area contributed by atoms with Crippen molar-refractivity contribution in [2.24, 2.45) is 0 Å². The molecule has 3 heterocycles. The van der Waals surface area contributed by atoms with Crippen molar-refractivity contribution in [3.05, 3.63) is 67.6 Å². The normalized spacial score (nSPS) is 16.6. The van der Waals surface area contributed by atoms with Crippen LogP contribution in [0.1, 0.15) is 39.2 Å². The highest BCUT2D eigenvalue weighted by Crippen LogP contribution is 2.21. The Balaban J connectivity index is 1.67. The van der Waals surface area contributed by atoms with Crippen LogP contribution in [0.25, 0.3) is 10.9 Å². The number of aromatic amines is 1. The van der Waals surface area contributed by atoms with E-state index in [1.54, 1.807) is 4.90 Å². The Morgan fingerprint density at radius 3 is 2.82 bits per heavy atom. The predicted molar refractivity (Wildman–Crippen MR) is 112 cm³/mol. The van der Waals surface area contributed by atoms with E-state index >= 15 is 0 Å². The van der Waals surface area contributed by atoms with E-state index in [4.69, 9.17) is 4.74 Å². The van der Waals surface area contributed by atoms with E-state index in [1.807, 2.05) is 36.6 Å². The molecule has 0 spiro atoms. The highest BCUT2D eigenvalue weighted by atomic mass is 32.1. The van der Waals surface area contributed by atoms with Gasteiger partial charge in [0.25, 0.3) is 11.5 Å². The lowest BCUT2D eigenvalue weighted by atomic mass is 10.0. The molecule has 1 N–H and O–H groups in total. The number of carbonyl (C=O) groups is 1. The van der Waals surface area contributed by atoms with Crippen molar-refractivity contribution in [3.63, 3.8) is 0 Å². The number of pyridine rings is 1. The molecular formula is C22H24N2O3S. The lowest BCUT2D eigenvalue weighted by molar-refractivity contribution is 0.0510. The van der Waals surface area contributed by atoms with Gasteiger partial charge in [0.05, 0.1) is 17.5 Å². The van der Waals surface area contributed by atoms with Gasteiger partial charge in [-0.15, -0.1) is 11.3 Å². The van der Waals surface area contributed by atoms with Crippen LogP contribution >= 0.6 is 11.3 Å². The number of fused-ring (bicyclic) bond motifs is 1. The minimum Gasteiger partial charge on any atom is -0.376 e. The number of amides is 1. The summed E-state index contributed by atoms with van der Waals surface area (Å²) < 4.78 is 5.74. The number of nitrogens with one attached hydrogen (secondary N) is 1. The summed E-state index contributed by atoms with van der Waals surface area (Å²) in [5, 5.41) is 2.88. The van der Waals surface area contributed by atoms with Gasteiger partial charge in [-0.3, -0.25) is 9.59 Å². The van der Waals surface area contributed by atoms with Crippen molar-refractivity contribution in [1.82, 2.24) is 9.88 Å². The lowest BCUT2D eigenvalue weighted by Gasteiger charge is -2.25. The van der Waals surface area contributed by atoms with Crippen molar-refractivity contribution in [1.29, 1.82) is 0 Å². The fourth-order valence-electron chi connectivity index (χ4n) is 3.65. The maximum Gasteiger partial charge on any atom is 0.264 e. The van der Waals surface area contributed by atoms with Crippen LogP contribution < -0.4 is 5.56 Å². The van der Waals surface area contributed by atoms with Crippen LogP contribution in [-0.2, 0) is 11.3 Å². The Labute approximate surface area is 168 Å². The van der Waals surface area contributed by atoms with Crippen LogP contribution in [0, 0.1) is 13.8 Å². The first kappa shape index (κ1) is 18.9. The molecule has 6 heteroatoms. The van der Waals surface area contributed by atoms with Crippen molar-refractivity contribution >= 4 is 28.1 Å². The van der Waals surface area contributed by atoms with Crippen molar-refractivity contribution in [2.45, 2.75) is 39.3 Å². The number of hydrogen-bond donors (Lipinski definition) is 1. The summed E-state index contributed by atoms with van der Waals surface area (Å²) in [7, 11) is 0. The first-order valence-corrected chi connectivity index (χ1v) is 10.5. The van der Waals surface area contributed by atoms with Crippen LogP contribution in [-0.4, -0.2) is 35.0 Å². The summed E-state index contributed by atoms with van der Waals surface area (Å²) in [5.74, 6) is -0.0508. The van der Waals surface area contributed by atoms with Gasteiger partial charge >= 0.3 is 0 Å².